The molecule has 2 saturated heterocycles. The Morgan fingerprint density at radius 3 is 2.42 bits per heavy atom. The molecular weight excluding hydrogens is 348 g/mol. The number of halogens is 1. The van der Waals surface area contributed by atoms with Crippen molar-refractivity contribution in [1.29, 1.82) is 0 Å². The highest BCUT2D eigenvalue weighted by atomic mass is 35.5. The lowest BCUT2D eigenvalue weighted by atomic mass is 9.77. The monoisotopic (exact) mass is 378 g/mol. The number of hydrogen-bond acceptors (Lipinski definition) is 3. The van der Waals surface area contributed by atoms with Gasteiger partial charge in [-0.1, -0.05) is 43.2 Å². The van der Waals surface area contributed by atoms with Crippen molar-refractivity contribution in [3.05, 3.63) is 35.9 Å². The van der Waals surface area contributed by atoms with Gasteiger partial charge in [0.05, 0.1) is 6.10 Å². The molecule has 0 radical (unpaired) electrons. The van der Waals surface area contributed by atoms with Crippen molar-refractivity contribution in [2.24, 2.45) is 5.41 Å². The minimum Gasteiger partial charge on any atom is -0.360 e. The van der Waals surface area contributed by atoms with Crippen molar-refractivity contribution >= 4 is 18.3 Å². The predicted octanol–water partition coefficient (Wildman–Crippen LogP) is 3.71. The normalized spacial score (nSPS) is 23.8. The molecule has 144 valence electrons. The van der Waals surface area contributed by atoms with Gasteiger partial charge in [0.15, 0.2) is 6.10 Å². The Kier molecular flexibility index (Phi) is 6.60. The van der Waals surface area contributed by atoms with Gasteiger partial charge in [-0.25, -0.2) is 0 Å². The number of ether oxygens (including phenoxy) is 1. The molecule has 1 aromatic rings. The molecular formula is C21H31ClN2O2. The number of carbonyl (C=O) groups is 1. The third-order valence-corrected chi connectivity index (χ3v) is 6.43. The molecule has 5 heteroatoms. The molecule has 26 heavy (non-hydrogen) atoms. The van der Waals surface area contributed by atoms with Crippen LogP contribution in [-0.2, 0) is 9.53 Å². The van der Waals surface area contributed by atoms with E-state index in [9.17, 15) is 4.79 Å². The highest BCUT2D eigenvalue weighted by molar-refractivity contribution is 5.85. The van der Waals surface area contributed by atoms with Crippen LogP contribution in [-0.4, -0.2) is 43.1 Å². The molecule has 4 rings (SSSR count). The van der Waals surface area contributed by atoms with Gasteiger partial charge in [-0.3, -0.25) is 4.79 Å². The Bertz CT molecular complexity index is 573. The SMILES string of the molecule is Cl.O=C(C(OC1CCCC1)c1ccccc1)N1CCC2(CCNC2)CC1. The number of nitrogens with one attached hydrogen (secondary N) is 1. The van der Waals surface area contributed by atoms with Crippen LogP contribution >= 0.6 is 12.4 Å². The minimum absolute atomic E-state index is 0. The van der Waals surface area contributed by atoms with E-state index in [0.717, 1.165) is 57.4 Å². The quantitative estimate of drug-likeness (QED) is 0.868. The van der Waals surface area contributed by atoms with E-state index in [4.69, 9.17) is 4.74 Å². The van der Waals surface area contributed by atoms with E-state index in [1.807, 2.05) is 30.3 Å². The molecule has 2 heterocycles. The number of rotatable bonds is 4. The van der Waals surface area contributed by atoms with Crippen molar-refractivity contribution in [2.75, 3.05) is 26.2 Å². The standard InChI is InChI=1S/C21H30N2O2.ClH/c24-20(23-14-11-21(12-15-23)10-13-22-16-21)19(17-6-2-1-3-7-17)25-18-8-4-5-9-18;/h1-3,6-7,18-19,22H,4-5,8-16H2;1H. The summed E-state index contributed by atoms with van der Waals surface area (Å²) in [5.74, 6) is 0.166. The first-order chi connectivity index (χ1) is 12.3. The van der Waals surface area contributed by atoms with E-state index in [1.165, 1.54) is 19.3 Å². The fourth-order valence-electron chi connectivity index (χ4n) is 4.71. The van der Waals surface area contributed by atoms with Gasteiger partial charge >= 0.3 is 0 Å². The first-order valence-electron chi connectivity index (χ1n) is 9.96. The van der Waals surface area contributed by atoms with Crippen LogP contribution in [0.3, 0.4) is 0 Å². The smallest absolute Gasteiger partial charge is 0.256 e. The molecule has 1 saturated carbocycles. The van der Waals surface area contributed by atoms with Crippen LogP contribution < -0.4 is 5.32 Å². The lowest BCUT2D eigenvalue weighted by Gasteiger charge is -2.40. The topological polar surface area (TPSA) is 41.6 Å². The van der Waals surface area contributed by atoms with Crippen LogP contribution in [0.2, 0.25) is 0 Å². The highest BCUT2D eigenvalue weighted by Crippen LogP contribution is 2.38. The molecule has 4 nitrogen and oxygen atoms in total. The first-order valence-corrected chi connectivity index (χ1v) is 9.96. The molecule has 1 atom stereocenters. The summed E-state index contributed by atoms with van der Waals surface area (Å²) >= 11 is 0. The second-order valence-corrected chi connectivity index (χ2v) is 8.09. The molecule has 1 aliphatic carbocycles. The van der Waals surface area contributed by atoms with Crippen molar-refractivity contribution in [3.8, 4) is 0 Å². The number of likely N-dealkylation sites (tertiary alicyclic amines) is 1. The van der Waals surface area contributed by atoms with Crippen LogP contribution in [0.5, 0.6) is 0 Å². The number of nitrogens with zero attached hydrogens (tertiary/aromatic N) is 1. The molecule has 0 aromatic heterocycles. The zero-order valence-corrected chi connectivity index (χ0v) is 16.3. The number of piperidine rings is 1. The van der Waals surface area contributed by atoms with Gasteiger partial charge in [-0.2, -0.15) is 0 Å². The summed E-state index contributed by atoms with van der Waals surface area (Å²) in [4.78, 5) is 15.3. The lowest BCUT2D eigenvalue weighted by Crippen LogP contribution is -2.46. The average molecular weight is 379 g/mol. The molecule has 2 aliphatic heterocycles. The Morgan fingerprint density at radius 1 is 1.12 bits per heavy atom. The summed E-state index contributed by atoms with van der Waals surface area (Å²) in [6, 6.07) is 10.1. The number of carbonyl (C=O) groups excluding carboxylic acids is 1. The summed E-state index contributed by atoms with van der Waals surface area (Å²) in [5.41, 5.74) is 1.44. The van der Waals surface area contributed by atoms with Crippen LogP contribution in [0.4, 0.5) is 0 Å². The fourth-order valence-corrected chi connectivity index (χ4v) is 4.71. The highest BCUT2D eigenvalue weighted by Gasteiger charge is 2.40. The summed E-state index contributed by atoms with van der Waals surface area (Å²) in [5, 5.41) is 3.50. The molecule has 1 amide bonds. The second kappa shape index (κ2) is 8.73. The second-order valence-electron chi connectivity index (χ2n) is 8.09. The Labute approximate surface area is 163 Å². The van der Waals surface area contributed by atoms with Crippen molar-refractivity contribution in [3.63, 3.8) is 0 Å². The predicted molar refractivity (Wildman–Crippen MR) is 106 cm³/mol. The first kappa shape index (κ1) is 19.7. The largest absolute Gasteiger partial charge is 0.360 e. The third-order valence-electron chi connectivity index (χ3n) is 6.43. The Balaban J connectivity index is 0.00000196. The van der Waals surface area contributed by atoms with E-state index in [1.54, 1.807) is 0 Å². The summed E-state index contributed by atoms with van der Waals surface area (Å²) < 4.78 is 6.33. The summed E-state index contributed by atoms with van der Waals surface area (Å²) in [7, 11) is 0. The van der Waals surface area contributed by atoms with Crippen LogP contribution in [0.15, 0.2) is 30.3 Å². The number of hydrogen-bond donors (Lipinski definition) is 1. The van der Waals surface area contributed by atoms with Crippen LogP contribution in [0, 0.1) is 5.41 Å². The number of amides is 1. The van der Waals surface area contributed by atoms with Crippen molar-refractivity contribution in [2.45, 2.75) is 57.2 Å². The van der Waals surface area contributed by atoms with E-state index >= 15 is 0 Å². The molecule has 1 aromatic carbocycles. The van der Waals surface area contributed by atoms with E-state index in [0.29, 0.717) is 5.41 Å². The zero-order chi connectivity index (χ0) is 17.1. The van der Waals surface area contributed by atoms with Gasteiger partial charge in [0.2, 0.25) is 0 Å². The minimum atomic E-state index is -0.431. The Hall–Kier alpha value is -1.10. The lowest BCUT2D eigenvalue weighted by molar-refractivity contribution is -0.150. The van der Waals surface area contributed by atoms with E-state index in [-0.39, 0.29) is 24.4 Å². The van der Waals surface area contributed by atoms with E-state index in [2.05, 4.69) is 10.2 Å². The van der Waals surface area contributed by atoms with Gasteiger partial charge in [-0.15, -0.1) is 12.4 Å². The van der Waals surface area contributed by atoms with Gasteiger partial charge in [0, 0.05) is 19.6 Å². The average Bonchev–Trinajstić information content (AvgIpc) is 3.33. The third kappa shape index (κ3) is 4.24. The molecule has 3 aliphatic rings. The molecule has 0 bridgehead atoms. The molecule has 1 N–H and O–H groups in total. The van der Waals surface area contributed by atoms with Gasteiger partial charge in [0.1, 0.15) is 0 Å². The maximum atomic E-state index is 13.3. The van der Waals surface area contributed by atoms with Crippen LogP contribution in [0.25, 0.3) is 0 Å². The molecule has 1 unspecified atom stereocenters. The Morgan fingerprint density at radius 2 is 1.81 bits per heavy atom. The zero-order valence-electron chi connectivity index (χ0n) is 15.5. The van der Waals surface area contributed by atoms with Crippen LogP contribution in [0.1, 0.15) is 56.6 Å². The maximum absolute atomic E-state index is 13.3. The van der Waals surface area contributed by atoms with Crippen molar-refractivity contribution in [1.82, 2.24) is 10.2 Å². The number of benzene rings is 1. The molecule has 3 fully saturated rings. The van der Waals surface area contributed by atoms with Crippen molar-refractivity contribution < 1.29 is 9.53 Å². The fraction of sp³-hybridized carbons (Fsp3) is 0.667. The summed E-state index contributed by atoms with van der Waals surface area (Å²) in [6.07, 6.45) is 7.93. The van der Waals surface area contributed by atoms with Gasteiger partial charge in [-0.05, 0) is 49.6 Å². The van der Waals surface area contributed by atoms with Gasteiger partial charge < -0.3 is 15.0 Å². The molecule has 1 spiro atoms. The van der Waals surface area contributed by atoms with E-state index < -0.39 is 6.10 Å². The van der Waals surface area contributed by atoms with Gasteiger partial charge in [0.25, 0.3) is 5.91 Å². The maximum Gasteiger partial charge on any atom is 0.256 e. The summed E-state index contributed by atoms with van der Waals surface area (Å²) in [6.45, 7) is 4.00.